The molecule has 3 nitrogen and oxygen atoms in total. The number of rotatable bonds is 3. The SMILES string of the molecule is COC(=O)C1CCC(CCN)C1. The third-order valence-corrected chi connectivity index (χ3v) is 2.65. The van der Waals surface area contributed by atoms with E-state index >= 15 is 0 Å². The quantitative estimate of drug-likeness (QED) is 0.642. The average molecular weight is 171 g/mol. The van der Waals surface area contributed by atoms with Crippen molar-refractivity contribution >= 4 is 5.97 Å². The highest BCUT2D eigenvalue weighted by Crippen LogP contribution is 2.33. The van der Waals surface area contributed by atoms with Crippen molar-refractivity contribution < 1.29 is 9.53 Å². The maximum Gasteiger partial charge on any atom is 0.308 e. The Labute approximate surface area is 73.3 Å². The highest BCUT2D eigenvalue weighted by Gasteiger charge is 2.29. The van der Waals surface area contributed by atoms with Gasteiger partial charge in [0.15, 0.2) is 0 Å². The van der Waals surface area contributed by atoms with Crippen molar-refractivity contribution in [1.29, 1.82) is 0 Å². The van der Waals surface area contributed by atoms with Crippen LogP contribution in [-0.2, 0) is 9.53 Å². The van der Waals surface area contributed by atoms with Crippen LogP contribution in [0.15, 0.2) is 0 Å². The Balaban J connectivity index is 2.30. The van der Waals surface area contributed by atoms with Crippen LogP contribution >= 0.6 is 0 Å². The average Bonchev–Trinajstić information content (AvgIpc) is 2.52. The van der Waals surface area contributed by atoms with Crippen LogP contribution in [0.3, 0.4) is 0 Å². The van der Waals surface area contributed by atoms with Crippen molar-refractivity contribution in [1.82, 2.24) is 0 Å². The zero-order chi connectivity index (χ0) is 8.97. The lowest BCUT2D eigenvalue weighted by Crippen LogP contribution is -2.13. The van der Waals surface area contributed by atoms with Gasteiger partial charge < -0.3 is 10.5 Å². The fourth-order valence-electron chi connectivity index (χ4n) is 1.95. The van der Waals surface area contributed by atoms with Crippen LogP contribution in [0.4, 0.5) is 0 Å². The van der Waals surface area contributed by atoms with E-state index in [1.54, 1.807) is 0 Å². The number of hydrogen-bond acceptors (Lipinski definition) is 3. The number of esters is 1. The fraction of sp³-hybridized carbons (Fsp3) is 0.889. The van der Waals surface area contributed by atoms with E-state index < -0.39 is 0 Å². The number of carbonyl (C=O) groups is 1. The second kappa shape index (κ2) is 4.45. The molecule has 1 fully saturated rings. The van der Waals surface area contributed by atoms with Crippen LogP contribution in [0.5, 0.6) is 0 Å². The van der Waals surface area contributed by atoms with Crippen LogP contribution in [0.2, 0.25) is 0 Å². The molecular weight excluding hydrogens is 154 g/mol. The van der Waals surface area contributed by atoms with Gasteiger partial charge in [-0.15, -0.1) is 0 Å². The van der Waals surface area contributed by atoms with Crippen LogP contribution in [0.1, 0.15) is 25.7 Å². The van der Waals surface area contributed by atoms with Crippen LogP contribution in [0.25, 0.3) is 0 Å². The van der Waals surface area contributed by atoms with Gasteiger partial charge in [0.25, 0.3) is 0 Å². The molecule has 0 heterocycles. The minimum atomic E-state index is -0.0467. The lowest BCUT2D eigenvalue weighted by molar-refractivity contribution is -0.145. The molecule has 2 atom stereocenters. The van der Waals surface area contributed by atoms with E-state index in [0.717, 1.165) is 32.2 Å². The molecule has 2 unspecified atom stereocenters. The molecule has 70 valence electrons. The number of hydrogen-bond donors (Lipinski definition) is 1. The van der Waals surface area contributed by atoms with Crippen molar-refractivity contribution in [3.63, 3.8) is 0 Å². The van der Waals surface area contributed by atoms with Gasteiger partial charge in [-0.1, -0.05) is 0 Å². The summed E-state index contributed by atoms with van der Waals surface area (Å²) in [5.41, 5.74) is 5.45. The van der Waals surface area contributed by atoms with E-state index in [0.29, 0.717) is 5.92 Å². The zero-order valence-corrected chi connectivity index (χ0v) is 7.58. The Morgan fingerprint density at radius 3 is 2.92 bits per heavy atom. The van der Waals surface area contributed by atoms with Crippen LogP contribution in [-0.4, -0.2) is 19.6 Å². The minimum Gasteiger partial charge on any atom is -0.469 e. The van der Waals surface area contributed by atoms with Gasteiger partial charge in [-0.3, -0.25) is 4.79 Å². The molecule has 1 rings (SSSR count). The maximum absolute atomic E-state index is 11.1. The molecule has 0 aromatic heterocycles. The van der Waals surface area contributed by atoms with Crippen molar-refractivity contribution in [3.05, 3.63) is 0 Å². The van der Waals surface area contributed by atoms with Crippen molar-refractivity contribution in [3.8, 4) is 0 Å². The van der Waals surface area contributed by atoms with Gasteiger partial charge in [-0.05, 0) is 38.1 Å². The van der Waals surface area contributed by atoms with E-state index in [1.165, 1.54) is 7.11 Å². The molecule has 0 saturated heterocycles. The summed E-state index contributed by atoms with van der Waals surface area (Å²) in [6, 6.07) is 0. The van der Waals surface area contributed by atoms with E-state index in [-0.39, 0.29) is 11.9 Å². The predicted octanol–water partition coefficient (Wildman–Crippen LogP) is 0.924. The second-order valence-electron chi connectivity index (χ2n) is 3.48. The molecule has 12 heavy (non-hydrogen) atoms. The van der Waals surface area contributed by atoms with Crippen molar-refractivity contribution in [2.24, 2.45) is 17.6 Å². The Hall–Kier alpha value is -0.570. The monoisotopic (exact) mass is 171 g/mol. The molecule has 2 N–H and O–H groups in total. The third-order valence-electron chi connectivity index (χ3n) is 2.65. The van der Waals surface area contributed by atoms with E-state index in [1.807, 2.05) is 0 Å². The summed E-state index contributed by atoms with van der Waals surface area (Å²) in [6.07, 6.45) is 4.14. The lowest BCUT2D eigenvalue weighted by atomic mass is 10.0. The van der Waals surface area contributed by atoms with Crippen molar-refractivity contribution in [2.75, 3.05) is 13.7 Å². The number of carbonyl (C=O) groups excluding carboxylic acids is 1. The molecule has 0 aliphatic heterocycles. The summed E-state index contributed by atoms with van der Waals surface area (Å²) in [6.45, 7) is 0.735. The molecule has 3 heteroatoms. The predicted molar refractivity (Wildman–Crippen MR) is 46.5 cm³/mol. The van der Waals surface area contributed by atoms with Crippen molar-refractivity contribution in [2.45, 2.75) is 25.7 Å². The van der Waals surface area contributed by atoms with Gasteiger partial charge >= 0.3 is 5.97 Å². The lowest BCUT2D eigenvalue weighted by Gasteiger charge is -2.07. The van der Waals surface area contributed by atoms with E-state index in [2.05, 4.69) is 0 Å². The Morgan fingerprint density at radius 2 is 2.33 bits per heavy atom. The third kappa shape index (κ3) is 2.21. The molecule has 0 aromatic carbocycles. The summed E-state index contributed by atoms with van der Waals surface area (Å²) in [4.78, 5) is 11.1. The van der Waals surface area contributed by atoms with Gasteiger partial charge in [0.1, 0.15) is 0 Å². The first-order chi connectivity index (χ1) is 5.77. The number of nitrogens with two attached hydrogens (primary N) is 1. The molecule has 1 aliphatic rings. The second-order valence-corrected chi connectivity index (χ2v) is 3.48. The molecule has 0 bridgehead atoms. The summed E-state index contributed by atoms with van der Waals surface area (Å²) < 4.78 is 4.69. The maximum atomic E-state index is 11.1. The minimum absolute atomic E-state index is 0.0467. The summed E-state index contributed by atoms with van der Waals surface area (Å²) in [7, 11) is 1.46. The Bertz CT molecular complexity index is 159. The summed E-state index contributed by atoms with van der Waals surface area (Å²) >= 11 is 0. The van der Waals surface area contributed by atoms with Gasteiger partial charge in [-0.2, -0.15) is 0 Å². The number of ether oxygens (including phenoxy) is 1. The van der Waals surface area contributed by atoms with Gasteiger partial charge in [0.05, 0.1) is 13.0 Å². The first-order valence-corrected chi connectivity index (χ1v) is 4.55. The number of methoxy groups -OCH3 is 1. The van der Waals surface area contributed by atoms with Gasteiger partial charge in [-0.25, -0.2) is 0 Å². The largest absolute Gasteiger partial charge is 0.469 e. The van der Waals surface area contributed by atoms with E-state index in [9.17, 15) is 4.79 Å². The van der Waals surface area contributed by atoms with Crippen LogP contribution in [0, 0.1) is 11.8 Å². The van der Waals surface area contributed by atoms with E-state index in [4.69, 9.17) is 10.5 Å². The Kier molecular flexibility index (Phi) is 3.53. The first kappa shape index (κ1) is 9.52. The first-order valence-electron chi connectivity index (χ1n) is 4.55. The molecule has 1 saturated carbocycles. The highest BCUT2D eigenvalue weighted by atomic mass is 16.5. The normalized spacial score (nSPS) is 28.8. The zero-order valence-electron chi connectivity index (χ0n) is 7.58. The standard InChI is InChI=1S/C9H17NO2/c1-12-9(11)8-3-2-7(6-8)4-5-10/h7-8H,2-6,10H2,1H3. The molecule has 1 aliphatic carbocycles. The molecule has 0 aromatic rings. The highest BCUT2D eigenvalue weighted by molar-refractivity contribution is 5.72. The fourth-order valence-corrected chi connectivity index (χ4v) is 1.95. The molecular formula is C9H17NO2. The molecule has 0 amide bonds. The summed E-state index contributed by atoms with van der Waals surface area (Å²) in [5, 5.41) is 0. The van der Waals surface area contributed by atoms with Gasteiger partial charge in [0.2, 0.25) is 0 Å². The summed E-state index contributed by atoms with van der Waals surface area (Å²) in [5.74, 6) is 0.750. The smallest absolute Gasteiger partial charge is 0.308 e. The molecule has 0 spiro atoms. The van der Waals surface area contributed by atoms with Crippen LogP contribution < -0.4 is 5.73 Å². The van der Waals surface area contributed by atoms with Gasteiger partial charge in [0, 0.05) is 0 Å². The molecule has 0 radical (unpaired) electrons. The topological polar surface area (TPSA) is 52.3 Å². The Morgan fingerprint density at radius 1 is 1.58 bits per heavy atom.